The summed E-state index contributed by atoms with van der Waals surface area (Å²) < 4.78 is 11.6. The molecule has 0 saturated carbocycles. The average molecular weight is 430 g/mol. The third-order valence-electron chi connectivity index (χ3n) is 4.07. The zero-order valence-corrected chi connectivity index (χ0v) is 16.5. The Morgan fingerprint density at radius 3 is 2.56 bits per heavy atom. The van der Waals surface area contributed by atoms with Gasteiger partial charge in [0.1, 0.15) is 10.6 Å². The molecular weight excluding hydrogens is 410 g/mol. The Labute approximate surface area is 166 Å². The van der Waals surface area contributed by atoms with Crippen LogP contribution in [-0.4, -0.2) is 27.5 Å². The smallest absolute Gasteiger partial charge is 0.317 e. The van der Waals surface area contributed by atoms with E-state index in [1.165, 1.54) is 0 Å². The molecule has 6 heteroatoms. The van der Waals surface area contributed by atoms with Crippen LogP contribution in [0.5, 0.6) is 5.75 Å². The van der Waals surface area contributed by atoms with Gasteiger partial charge >= 0.3 is 5.97 Å². The summed E-state index contributed by atoms with van der Waals surface area (Å²) in [5, 5.41) is 8.93. The Kier molecular flexibility index (Phi) is 6.29. The van der Waals surface area contributed by atoms with E-state index in [2.05, 4.69) is 20.9 Å². The number of carboxylic acid groups (broad SMARTS) is 1. The molecule has 1 unspecified atom stereocenters. The van der Waals surface area contributed by atoms with E-state index in [1.807, 2.05) is 61.5 Å². The number of aliphatic carboxylic acids is 1. The molecule has 140 valence electrons. The van der Waals surface area contributed by atoms with Gasteiger partial charge in [0, 0.05) is 5.56 Å². The summed E-state index contributed by atoms with van der Waals surface area (Å²) in [6, 6.07) is 17.3. The van der Waals surface area contributed by atoms with Crippen LogP contribution in [0.3, 0.4) is 0 Å². The number of alkyl halides is 1. The van der Waals surface area contributed by atoms with Crippen LogP contribution in [0.4, 0.5) is 0 Å². The monoisotopic (exact) mass is 429 g/mol. The van der Waals surface area contributed by atoms with Crippen LogP contribution in [0.2, 0.25) is 0 Å². The molecule has 3 rings (SSSR count). The molecule has 0 spiro atoms. The van der Waals surface area contributed by atoms with Gasteiger partial charge in [0.15, 0.2) is 11.7 Å². The number of aromatic nitrogens is 1. The van der Waals surface area contributed by atoms with Crippen molar-refractivity contribution in [1.82, 2.24) is 4.98 Å². The molecule has 1 N–H and O–H groups in total. The number of oxazole rings is 1. The minimum atomic E-state index is -0.869. The van der Waals surface area contributed by atoms with E-state index in [0.717, 1.165) is 28.3 Å². The maximum absolute atomic E-state index is 10.9. The third kappa shape index (κ3) is 5.20. The minimum absolute atomic E-state index is 0.424. The van der Waals surface area contributed by atoms with Crippen LogP contribution >= 0.6 is 15.9 Å². The first kappa shape index (κ1) is 19.2. The summed E-state index contributed by atoms with van der Waals surface area (Å²) in [6.45, 7) is 2.38. The fraction of sp³-hybridized carbons (Fsp3) is 0.238. The van der Waals surface area contributed by atoms with E-state index in [1.54, 1.807) is 0 Å². The molecular formula is C21H20BrNO4. The van der Waals surface area contributed by atoms with E-state index >= 15 is 0 Å². The van der Waals surface area contributed by atoms with Crippen molar-refractivity contribution in [2.45, 2.75) is 24.6 Å². The molecule has 0 bridgehead atoms. The predicted octanol–water partition coefficient (Wildman–Crippen LogP) is 4.66. The van der Waals surface area contributed by atoms with Crippen LogP contribution < -0.4 is 4.74 Å². The average Bonchev–Trinajstić information content (AvgIpc) is 3.04. The number of rotatable bonds is 8. The van der Waals surface area contributed by atoms with Crippen LogP contribution in [0.1, 0.15) is 17.1 Å². The van der Waals surface area contributed by atoms with E-state index in [4.69, 9.17) is 14.3 Å². The Hall–Kier alpha value is -2.60. The van der Waals surface area contributed by atoms with E-state index < -0.39 is 10.8 Å². The van der Waals surface area contributed by atoms with Gasteiger partial charge in [-0.25, -0.2) is 4.98 Å². The van der Waals surface area contributed by atoms with Gasteiger partial charge in [-0.1, -0.05) is 58.4 Å². The van der Waals surface area contributed by atoms with Gasteiger partial charge in [0.25, 0.3) is 0 Å². The molecule has 0 amide bonds. The largest absolute Gasteiger partial charge is 0.493 e. The van der Waals surface area contributed by atoms with Crippen molar-refractivity contribution in [2.24, 2.45) is 0 Å². The van der Waals surface area contributed by atoms with Gasteiger partial charge in [0.05, 0.1) is 18.7 Å². The van der Waals surface area contributed by atoms with Crippen molar-refractivity contribution in [1.29, 1.82) is 0 Å². The zero-order valence-electron chi connectivity index (χ0n) is 14.9. The lowest BCUT2D eigenvalue weighted by Gasteiger charge is -2.07. The fourth-order valence-electron chi connectivity index (χ4n) is 2.69. The molecule has 0 aliphatic heterocycles. The van der Waals surface area contributed by atoms with E-state index in [0.29, 0.717) is 25.3 Å². The lowest BCUT2D eigenvalue weighted by molar-refractivity contribution is -0.136. The molecule has 0 saturated heterocycles. The summed E-state index contributed by atoms with van der Waals surface area (Å²) in [4.78, 5) is 14.8. The Morgan fingerprint density at radius 2 is 1.89 bits per heavy atom. The van der Waals surface area contributed by atoms with Crippen LogP contribution in [-0.2, 0) is 17.6 Å². The van der Waals surface area contributed by atoms with Gasteiger partial charge in [-0.2, -0.15) is 0 Å². The minimum Gasteiger partial charge on any atom is -0.493 e. The number of halogens is 1. The first-order valence-electron chi connectivity index (χ1n) is 8.63. The fourth-order valence-corrected chi connectivity index (χ4v) is 3.06. The lowest BCUT2D eigenvalue weighted by atomic mass is 10.1. The van der Waals surface area contributed by atoms with Gasteiger partial charge in [-0.05, 0) is 31.0 Å². The zero-order chi connectivity index (χ0) is 19.2. The highest BCUT2D eigenvalue weighted by molar-refractivity contribution is 9.10. The SMILES string of the molecule is Cc1nc(CCOc2ccc(CC(Br)C(=O)O)cc2)oc1-c1ccccc1. The number of hydrogen-bond acceptors (Lipinski definition) is 4. The summed E-state index contributed by atoms with van der Waals surface area (Å²) in [7, 11) is 0. The van der Waals surface area contributed by atoms with Gasteiger partial charge in [-0.15, -0.1) is 0 Å². The Bertz CT molecular complexity index is 890. The number of benzene rings is 2. The van der Waals surface area contributed by atoms with Gasteiger partial charge in [-0.3, -0.25) is 4.79 Å². The normalized spacial score (nSPS) is 11.9. The summed E-state index contributed by atoms with van der Waals surface area (Å²) >= 11 is 3.14. The second-order valence-corrected chi connectivity index (χ2v) is 7.25. The first-order valence-corrected chi connectivity index (χ1v) is 9.55. The molecule has 1 atom stereocenters. The molecule has 1 aromatic heterocycles. The summed E-state index contributed by atoms with van der Waals surface area (Å²) in [5.41, 5.74) is 2.81. The first-order chi connectivity index (χ1) is 13.0. The van der Waals surface area contributed by atoms with E-state index in [-0.39, 0.29) is 0 Å². The summed E-state index contributed by atoms with van der Waals surface area (Å²) in [5.74, 6) is 1.29. The number of carbonyl (C=O) groups is 1. The van der Waals surface area contributed by atoms with Crippen molar-refractivity contribution in [3.8, 4) is 17.1 Å². The molecule has 0 radical (unpaired) electrons. The quantitative estimate of drug-likeness (QED) is 0.527. The maximum Gasteiger partial charge on any atom is 0.317 e. The van der Waals surface area contributed by atoms with Crippen molar-refractivity contribution in [3.05, 3.63) is 71.7 Å². The van der Waals surface area contributed by atoms with Gasteiger partial charge in [0.2, 0.25) is 0 Å². The number of nitrogens with zero attached hydrogens (tertiary/aromatic N) is 1. The highest BCUT2D eigenvalue weighted by Gasteiger charge is 2.14. The van der Waals surface area contributed by atoms with Crippen LogP contribution in [0.25, 0.3) is 11.3 Å². The second-order valence-electron chi connectivity index (χ2n) is 6.14. The Balaban J connectivity index is 1.54. The highest BCUT2D eigenvalue weighted by Crippen LogP contribution is 2.24. The van der Waals surface area contributed by atoms with Gasteiger partial charge < -0.3 is 14.3 Å². The molecule has 1 heterocycles. The number of aryl methyl sites for hydroxylation is 1. The predicted molar refractivity (Wildman–Crippen MR) is 106 cm³/mol. The number of hydrogen-bond donors (Lipinski definition) is 1. The maximum atomic E-state index is 10.9. The molecule has 0 fully saturated rings. The van der Waals surface area contributed by atoms with Crippen molar-refractivity contribution < 1.29 is 19.1 Å². The topological polar surface area (TPSA) is 72.6 Å². The second kappa shape index (κ2) is 8.86. The number of ether oxygens (including phenoxy) is 1. The third-order valence-corrected chi connectivity index (χ3v) is 4.78. The van der Waals surface area contributed by atoms with Crippen molar-refractivity contribution in [2.75, 3.05) is 6.61 Å². The molecule has 3 aromatic rings. The van der Waals surface area contributed by atoms with E-state index in [9.17, 15) is 4.79 Å². The highest BCUT2D eigenvalue weighted by atomic mass is 79.9. The standard InChI is InChI=1S/C21H20BrNO4/c1-14-20(16-5-3-2-4-6-16)27-19(23-14)11-12-26-17-9-7-15(8-10-17)13-18(22)21(24)25/h2-10,18H,11-13H2,1H3,(H,24,25). The molecule has 27 heavy (non-hydrogen) atoms. The Morgan fingerprint density at radius 1 is 1.19 bits per heavy atom. The summed E-state index contributed by atoms with van der Waals surface area (Å²) in [6.07, 6.45) is 0.991. The lowest BCUT2D eigenvalue weighted by Crippen LogP contribution is -2.15. The number of carboxylic acids is 1. The van der Waals surface area contributed by atoms with Crippen LogP contribution in [0.15, 0.2) is 59.0 Å². The van der Waals surface area contributed by atoms with Crippen LogP contribution in [0, 0.1) is 6.92 Å². The van der Waals surface area contributed by atoms with Crippen molar-refractivity contribution in [3.63, 3.8) is 0 Å². The molecule has 0 aliphatic rings. The molecule has 0 aliphatic carbocycles. The molecule has 5 nitrogen and oxygen atoms in total. The van der Waals surface area contributed by atoms with Crippen molar-refractivity contribution >= 4 is 21.9 Å². The molecule has 2 aromatic carbocycles.